The van der Waals surface area contributed by atoms with Gasteiger partial charge in [0.15, 0.2) is 0 Å². The molecule has 6 nitrogen and oxygen atoms in total. The van der Waals surface area contributed by atoms with E-state index in [4.69, 9.17) is 11.1 Å². The van der Waals surface area contributed by atoms with Crippen molar-refractivity contribution >= 4 is 17.3 Å². The molecule has 20 heavy (non-hydrogen) atoms. The third kappa shape index (κ3) is 2.84. The maximum atomic E-state index is 8.81. The minimum Gasteiger partial charge on any atom is -0.329 e. The van der Waals surface area contributed by atoms with E-state index in [-0.39, 0.29) is 0 Å². The van der Waals surface area contributed by atoms with Crippen molar-refractivity contribution in [2.45, 2.75) is 13.3 Å². The second-order valence-electron chi connectivity index (χ2n) is 4.24. The fourth-order valence-electron chi connectivity index (χ4n) is 1.78. The van der Waals surface area contributed by atoms with Crippen molar-refractivity contribution in [3.05, 3.63) is 41.7 Å². The maximum absolute atomic E-state index is 8.81. The van der Waals surface area contributed by atoms with Crippen LogP contribution in [0.3, 0.4) is 0 Å². The van der Waals surface area contributed by atoms with Gasteiger partial charge in [0.05, 0.1) is 11.6 Å². The van der Waals surface area contributed by atoms with E-state index in [1.54, 1.807) is 18.2 Å². The highest BCUT2D eigenvalue weighted by atomic mass is 15.3. The van der Waals surface area contributed by atoms with Crippen LogP contribution < -0.4 is 16.2 Å². The number of nitrogens with two attached hydrogens (primary N) is 1. The lowest BCUT2D eigenvalue weighted by molar-refractivity contribution is 0.924. The Hall–Kier alpha value is -2.65. The minimum atomic E-state index is 0.576. The number of benzene rings is 1. The summed E-state index contributed by atoms with van der Waals surface area (Å²) in [7, 11) is 1.91. The van der Waals surface area contributed by atoms with Gasteiger partial charge in [-0.1, -0.05) is 6.92 Å². The van der Waals surface area contributed by atoms with Crippen LogP contribution in [0.25, 0.3) is 0 Å². The Bertz CT molecular complexity index is 607. The lowest BCUT2D eigenvalue weighted by Crippen LogP contribution is -2.16. The number of aromatic nitrogens is 2. The largest absolute Gasteiger partial charge is 0.329 e. The Morgan fingerprint density at radius 3 is 2.55 bits per heavy atom. The first-order valence-corrected chi connectivity index (χ1v) is 6.26. The minimum absolute atomic E-state index is 0.576. The Morgan fingerprint density at radius 1 is 1.30 bits per heavy atom. The molecule has 0 amide bonds. The molecular weight excluding hydrogens is 252 g/mol. The topological polar surface area (TPSA) is 90.9 Å². The van der Waals surface area contributed by atoms with E-state index in [1.165, 1.54) is 0 Å². The summed E-state index contributed by atoms with van der Waals surface area (Å²) in [5.74, 6) is 7.46. The molecule has 1 aromatic carbocycles. The molecule has 3 N–H and O–H groups in total. The van der Waals surface area contributed by atoms with Crippen LogP contribution in [-0.2, 0) is 6.42 Å². The van der Waals surface area contributed by atoms with E-state index in [2.05, 4.69) is 21.5 Å². The highest BCUT2D eigenvalue weighted by Gasteiger charge is 2.09. The summed E-state index contributed by atoms with van der Waals surface area (Å²) in [6.45, 7) is 1.99. The Labute approximate surface area is 117 Å². The molecule has 0 spiro atoms. The molecule has 1 heterocycles. The molecule has 2 rings (SSSR count). The molecule has 6 heteroatoms. The standard InChI is InChI=1S/C14H16N6/c1-3-12-17-13(19-16)8-14(18-12)20(2)11-6-4-10(9-15)5-7-11/h4-8H,3,16H2,1-2H3,(H,17,18,19). The molecule has 0 aliphatic heterocycles. The summed E-state index contributed by atoms with van der Waals surface area (Å²) in [5.41, 5.74) is 4.11. The third-order valence-electron chi connectivity index (χ3n) is 2.95. The van der Waals surface area contributed by atoms with Crippen molar-refractivity contribution in [3.8, 4) is 6.07 Å². The normalized spacial score (nSPS) is 9.90. The van der Waals surface area contributed by atoms with Gasteiger partial charge in [-0.3, -0.25) is 0 Å². The molecule has 1 aromatic heterocycles. The zero-order valence-electron chi connectivity index (χ0n) is 11.5. The van der Waals surface area contributed by atoms with Gasteiger partial charge in [0.2, 0.25) is 0 Å². The van der Waals surface area contributed by atoms with Gasteiger partial charge >= 0.3 is 0 Å². The molecular formula is C14H16N6. The average molecular weight is 268 g/mol. The van der Waals surface area contributed by atoms with E-state index >= 15 is 0 Å². The fourth-order valence-corrected chi connectivity index (χ4v) is 1.78. The van der Waals surface area contributed by atoms with Crippen LogP contribution in [0, 0.1) is 11.3 Å². The predicted octanol–water partition coefficient (Wildman–Crippen LogP) is 1.96. The monoisotopic (exact) mass is 268 g/mol. The van der Waals surface area contributed by atoms with Gasteiger partial charge in [-0.05, 0) is 24.3 Å². The summed E-state index contributed by atoms with van der Waals surface area (Å²) in [5, 5.41) is 8.81. The molecule has 0 saturated heterocycles. The summed E-state index contributed by atoms with van der Waals surface area (Å²) in [4.78, 5) is 10.6. The molecule has 0 saturated carbocycles. The number of anilines is 3. The molecule has 0 fully saturated rings. The number of hydrogen-bond acceptors (Lipinski definition) is 6. The van der Waals surface area contributed by atoms with Crippen LogP contribution in [0.1, 0.15) is 18.3 Å². The van der Waals surface area contributed by atoms with Gasteiger partial charge in [0, 0.05) is 25.2 Å². The van der Waals surface area contributed by atoms with Gasteiger partial charge < -0.3 is 10.3 Å². The number of hydrazine groups is 1. The summed E-state index contributed by atoms with van der Waals surface area (Å²) in [6, 6.07) is 11.2. The summed E-state index contributed by atoms with van der Waals surface area (Å²) in [6.07, 6.45) is 0.726. The van der Waals surface area contributed by atoms with E-state index in [0.717, 1.165) is 23.8 Å². The Balaban J connectivity index is 2.36. The lowest BCUT2D eigenvalue weighted by atomic mass is 10.2. The van der Waals surface area contributed by atoms with Crippen LogP contribution in [-0.4, -0.2) is 17.0 Å². The number of nitrogens with one attached hydrogen (secondary N) is 1. The third-order valence-corrected chi connectivity index (χ3v) is 2.95. The van der Waals surface area contributed by atoms with Crippen LogP contribution >= 0.6 is 0 Å². The number of nitrogens with zero attached hydrogens (tertiary/aromatic N) is 4. The number of nitrogen functional groups attached to an aromatic ring is 1. The van der Waals surface area contributed by atoms with Crippen LogP contribution in [0.2, 0.25) is 0 Å². The molecule has 0 radical (unpaired) electrons. The van der Waals surface area contributed by atoms with Gasteiger partial charge in [-0.15, -0.1) is 0 Å². The van der Waals surface area contributed by atoms with E-state index in [9.17, 15) is 0 Å². The molecule has 0 atom stereocenters. The molecule has 0 aliphatic carbocycles. The second kappa shape index (κ2) is 5.99. The first-order valence-electron chi connectivity index (χ1n) is 6.26. The van der Waals surface area contributed by atoms with Crippen molar-refractivity contribution in [1.29, 1.82) is 5.26 Å². The maximum Gasteiger partial charge on any atom is 0.145 e. The zero-order valence-corrected chi connectivity index (χ0v) is 11.5. The smallest absolute Gasteiger partial charge is 0.145 e. The second-order valence-corrected chi connectivity index (χ2v) is 4.24. The molecule has 2 aromatic rings. The number of aryl methyl sites for hydroxylation is 1. The molecule has 102 valence electrons. The number of rotatable bonds is 4. The van der Waals surface area contributed by atoms with Gasteiger partial charge in [0.1, 0.15) is 17.5 Å². The highest BCUT2D eigenvalue weighted by Crippen LogP contribution is 2.23. The van der Waals surface area contributed by atoms with Crippen LogP contribution in [0.4, 0.5) is 17.3 Å². The quantitative estimate of drug-likeness (QED) is 0.650. The predicted molar refractivity (Wildman–Crippen MR) is 78.4 cm³/mol. The summed E-state index contributed by atoms with van der Waals surface area (Å²) >= 11 is 0. The van der Waals surface area contributed by atoms with Crippen molar-refractivity contribution in [2.75, 3.05) is 17.4 Å². The van der Waals surface area contributed by atoms with E-state index < -0.39 is 0 Å². The average Bonchev–Trinajstić information content (AvgIpc) is 2.53. The Morgan fingerprint density at radius 2 is 2.00 bits per heavy atom. The van der Waals surface area contributed by atoms with Crippen molar-refractivity contribution < 1.29 is 0 Å². The zero-order chi connectivity index (χ0) is 14.5. The molecule has 0 aliphatic rings. The van der Waals surface area contributed by atoms with E-state index in [1.807, 2.05) is 31.0 Å². The van der Waals surface area contributed by atoms with Crippen molar-refractivity contribution in [1.82, 2.24) is 9.97 Å². The van der Waals surface area contributed by atoms with Crippen molar-refractivity contribution in [2.24, 2.45) is 5.84 Å². The van der Waals surface area contributed by atoms with Crippen molar-refractivity contribution in [3.63, 3.8) is 0 Å². The first kappa shape index (κ1) is 13.8. The number of nitriles is 1. The van der Waals surface area contributed by atoms with Gasteiger partial charge in [0.25, 0.3) is 0 Å². The van der Waals surface area contributed by atoms with Crippen LogP contribution in [0.15, 0.2) is 30.3 Å². The number of hydrogen-bond donors (Lipinski definition) is 2. The lowest BCUT2D eigenvalue weighted by Gasteiger charge is -2.19. The first-order chi connectivity index (χ1) is 9.67. The van der Waals surface area contributed by atoms with Gasteiger partial charge in [-0.25, -0.2) is 15.8 Å². The van der Waals surface area contributed by atoms with E-state index in [0.29, 0.717) is 11.4 Å². The fraction of sp³-hybridized carbons (Fsp3) is 0.214. The SMILES string of the molecule is CCc1nc(NN)cc(N(C)c2ccc(C#N)cc2)n1. The Kier molecular flexibility index (Phi) is 4.13. The summed E-state index contributed by atoms with van der Waals surface area (Å²) < 4.78 is 0. The molecule has 0 unspecified atom stereocenters. The molecule has 0 bridgehead atoms. The van der Waals surface area contributed by atoms with Crippen LogP contribution in [0.5, 0.6) is 0 Å². The van der Waals surface area contributed by atoms with Gasteiger partial charge in [-0.2, -0.15) is 5.26 Å². The highest BCUT2D eigenvalue weighted by molar-refractivity contribution is 5.62.